The number of hydrogen-bond donors (Lipinski definition) is 0. The Hall–Kier alpha value is -3.12. The predicted octanol–water partition coefficient (Wildman–Crippen LogP) is 8.66. The topological polar surface area (TPSA) is 0 Å². The van der Waals surface area contributed by atoms with E-state index in [2.05, 4.69) is 151 Å². The Bertz CT molecular complexity index is 1080. The van der Waals surface area contributed by atoms with Gasteiger partial charge in [0.25, 0.3) is 0 Å². The summed E-state index contributed by atoms with van der Waals surface area (Å²) < 4.78 is 0. The van der Waals surface area contributed by atoms with Gasteiger partial charge in [-0.15, -0.1) is 0 Å². The first-order valence-corrected chi connectivity index (χ1v) is 12.0. The lowest BCUT2D eigenvalue weighted by Crippen LogP contribution is -2.22. The Morgan fingerprint density at radius 3 is 0.667 bits per heavy atom. The van der Waals surface area contributed by atoms with Crippen LogP contribution in [0.2, 0.25) is 0 Å². The van der Waals surface area contributed by atoms with Crippen LogP contribution in [-0.2, 0) is 16.2 Å². The van der Waals surface area contributed by atoms with Gasteiger partial charge in [0.15, 0.2) is 0 Å². The number of benzene rings is 4. The molecule has 0 aliphatic rings. The van der Waals surface area contributed by atoms with Crippen LogP contribution in [0, 0.1) is 0 Å². The predicted molar refractivity (Wildman–Crippen MR) is 142 cm³/mol. The van der Waals surface area contributed by atoms with Gasteiger partial charge in [-0.25, -0.2) is 0 Å². The first-order valence-electron chi connectivity index (χ1n) is 12.0. The lowest BCUT2D eigenvalue weighted by atomic mass is 9.73. The summed E-state index contributed by atoms with van der Waals surface area (Å²) in [6.07, 6.45) is 0. The van der Waals surface area contributed by atoms with Crippen LogP contribution in [0.3, 0.4) is 0 Å². The molecule has 0 heteroatoms. The second-order valence-corrected chi connectivity index (χ2v) is 10.8. The Balaban J connectivity index is 1.60. The molecule has 0 aliphatic heterocycles. The van der Waals surface area contributed by atoms with Gasteiger partial charge >= 0.3 is 0 Å². The van der Waals surface area contributed by atoms with Crippen LogP contribution in [0.5, 0.6) is 0 Å². The molecule has 0 radical (unpaired) electrons. The summed E-state index contributed by atoms with van der Waals surface area (Å²) >= 11 is 0. The van der Waals surface area contributed by atoms with Crippen molar-refractivity contribution in [3.05, 3.63) is 143 Å². The van der Waals surface area contributed by atoms with Gasteiger partial charge in [0.1, 0.15) is 0 Å². The minimum atomic E-state index is -0.0646. The van der Waals surface area contributed by atoms with E-state index in [1.165, 1.54) is 33.4 Å². The molecule has 0 nitrogen and oxygen atoms in total. The van der Waals surface area contributed by atoms with E-state index in [4.69, 9.17) is 0 Å². The molecule has 0 bridgehead atoms. The third-order valence-electron chi connectivity index (χ3n) is 7.65. The maximum absolute atomic E-state index is 2.32. The first-order chi connectivity index (χ1) is 15.6. The highest BCUT2D eigenvalue weighted by atomic mass is 14.3. The quantitative estimate of drug-likeness (QED) is 0.286. The van der Waals surface area contributed by atoms with Crippen LogP contribution in [0.15, 0.2) is 109 Å². The van der Waals surface area contributed by atoms with Gasteiger partial charge < -0.3 is 0 Å². The van der Waals surface area contributed by atoms with Crippen molar-refractivity contribution in [2.75, 3.05) is 0 Å². The summed E-state index contributed by atoms with van der Waals surface area (Å²) in [5.41, 5.74) is 7.94. The molecule has 0 saturated carbocycles. The minimum Gasteiger partial charge on any atom is -0.0622 e. The molecule has 4 aromatic rings. The second-order valence-electron chi connectivity index (χ2n) is 10.8. The van der Waals surface area contributed by atoms with Gasteiger partial charge in [0, 0.05) is 16.2 Å². The highest BCUT2D eigenvalue weighted by molar-refractivity contribution is 5.45. The summed E-state index contributed by atoms with van der Waals surface area (Å²) in [7, 11) is 0. The zero-order valence-corrected chi connectivity index (χ0v) is 20.9. The standard InChI is InChI=1S/C33H36/c1-31(2,25-13-9-7-10-14-25)27-17-21-29(22-18-27)33(5,6)30-23-19-28(20-24-30)32(3,4)26-15-11-8-12-16-26/h7-24H,1-6H3. The molecule has 168 valence electrons. The normalized spacial score (nSPS) is 12.5. The molecule has 33 heavy (non-hydrogen) atoms. The van der Waals surface area contributed by atoms with Gasteiger partial charge in [0.2, 0.25) is 0 Å². The number of rotatable bonds is 6. The molecule has 0 amide bonds. The van der Waals surface area contributed by atoms with Gasteiger partial charge in [-0.3, -0.25) is 0 Å². The Morgan fingerprint density at radius 2 is 0.455 bits per heavy atom. The maximum Gasteiger partial charge on any atom is 0.0146 e. The zero-order chi connectivity index (χ0) is 23.7. The molecule has 4 aromatic carbocycles. The van der Waals surface area contributed by atoms with Crippen LogP contribution in [0.1, 0.15) is 74.9 Å². The Labute approximate surface area is 200 Å². The molecular formula is C33H36. The smallest absolute Gasteiger partial charge is 0.0146 e. The van der Waals surface area contributed by atoms with Crippen molar-refractivity contribution in [2.45, 2.75) is 57.8 Å². The van der Waals surface area contributed by atoms with Crippen molar-refractivity contribution >= 4 is 0 Å². The molecule has 0 spiro atoms. The van der Waals surface area contributed by atoms with E-state index in [-0.39, 0.29) is 16.2 Å². The van der Waals surface area contributed by atoms with E-state index in [0.717, 1.165) is 0 Å². The molecule has 0 saturated heterocycles. The van der Waals surface area contributed by atoms with E-state index in [0.29, 0.717) is 0 Å². The molecule has 0 atom stereocenters. The fraction of sp³-hybridized carbons (Fsp3) is 0.273. The lowest BCUT2D eigenvalue weighted by molar-refractivity contribution is 0.621. The van der Waals surface area contributed by atoms with Crippen molar-refractivity contribution in [1.29, 1.82) is 0 Å². The van der Waals surface area contributed by atoms with E-state index in [1.807, 2.05) is 0 Å². The first kappa shape index (κ1) is 23.1. The minimum absolute atomic E-state index is 0.0192. The van der Waals surface area contributed by atoms with Crippen molar-refractivity contribution in [2.24, 2.45) is 0 Å². The molecule has 0 N–H and O–H groups in total. The number of hydrogen-bond acceptors (Lipinski definition) is 0. The van der Waals surface area contributed by atoms with E-state index in [9.17, 15) is 0 Å². The largest absolute Gasteiger partial charge is 0.0622 e. The fourth-order valence-corrected chi connectivity index (χ4v) is 4.82. The molecule has 0 aromatic heterocycles. The molecule has 0 aliphatic carbocycles. The summed E-state index contributed by atoms with van der Waals surface area (Å²) in [5.74, 6) is 0. The summed E-state index contributed by atoms with van der Waals surface area (Å²) in [6.45, 7) is 13.8. The molecular weight excluding hydrogens is 396 g/mol. The van der Waals surface area contributed by atoms with Crippen molar-refractivity contribution in [1.82, 2.24) is 0 Å². The third-order valence-corrected chi connectivity index (χ3v) is 7.65. The molecule has 0 fully saturated rings. The summed E-state index contributed by atoms with van der Waals surface area (Å²) in [4.78, 5) is 0. The van der Waals surface area contributed by atoms with Crippen molar-refractivity contribution < 1.29 is 0 Å². The van der Waals surface area contributed by atoms with E-state index >= 15 is 0 Å². The SMILES string of the molecule is CC(C)(c1ccccc1)c1ccc(C(C)(C)c2ccc(C(C)(C)c3ccccc3)cc2)cc1. The van der Waals surface area contributed by atoms with Crippen molar-refractivity contribution in [3.8, 4) is 0 Å². The summed E-state index contributed by atoms with van der Waals surface area (Å²) in [6, 6.07) is 40.0. The zero-order valence-electron chi connectivity index (χ0n) is 20.9. The van der Waals surface area contributed by atoms with E-state index < -0.39 is 0 Å². The summed E-state index contributed by atoms with van der Waals surface area (Å²) in [5, 5.41) is 0. The van der Waals surface area contributed by atoms with Gasteiger partial charge in [-0.1, -0.05) is 151 Å². The van der Waals surface area contributed by atoms with Gasteiger partial charge in [0.05, 0.1) is 0 Å². The Kier molecular flexibility index (Phi) is 6.06. The second kappa shape index (κ2) is 8.67. The lowest BCUT2D eigenvalue weighted by Gasteiger charge is -2.31. The molecule has 0 heterocycles. The van der Waals surface area contributed by atoms with Gasteiger partial charge in [-0.05, 0) is 33.4 Å². The molecule has 4 rings (SSSR count). The average Bonchev–Trinajstić information content (AvgIpc) is 2.85. The van der Waals surface area contributed by atoms with Gasteiger partial charge in [-0.2, -0.15) is 0 Å². The highest BCUT2D eigenvalue weighted by Gasteiger charge is 2.28. The van der Waals surface area contributed by atoms with Crippen LogP contribution < -0.4 is 0 Å². The molecule has 0 unspecified atom stereocenters. The monoisotopic (exact) mass is 432 g/mol. The average molecular weight is 433 g/mol. The third kappa shape index (κ3) is 4.40. The Morgan fingerprint density at radius 1 is 0.273 bits per heavy atom. The highest BCUT2D eigenvalue weighted by Crippen LogP contribution is 2.37. The van der Waals surface area contributed by atoms with Crippen LogP contribution in [-0.4, -0.2) is 0 Å². The van der Waals surface area contributed by atoms with Crippen LogP contribution >= 0.6 is 0 Å². The van der Waals surface area contributed by atoms with Crippen LogP contribution in [0.25, 0.3) is 0 Å². The van der Waals surface area contributed by atoms with E-state index in [1.54, 1.807) is 0 Å². The maximum atomic E-state index is 2.32. The van der Waals surface area contributed by atoms with Crippen molar-refractivity contribution in [3.63, 3.8) is 0 Å². The fourth-order valence-electron chi connectivity index (χ4n) is 4.82. The van der Waals surface area contributed by atoms with Crippen LogP contribution in [0.4, 0.5) is 0 Å².